The van der Waals surface area contributed by atoms with Crippen LogP contribution in [-0.4, -0.2) is 0 Å². The van der Waals surface area contributed by atoms with E-state index in [1.165, 1.54) is 6.42 Å². The van der Waals surface area contributed by atoms with E-state index in [9.17, 15) is 0 Å². The number of halogens is 1. The highest BCUT2D eigenvalue weighted by molar-refractivity contribution is 6.31. The third kappa shape index (κ3) is 3.22. The fourth-order valence-electron chi connectivity index (χ4n) is 1.78. The lowest BCUT2D eigenvalue weighted by molar-refractivity contribution is 0.433. The third-order valence-corrected chi connectivity index (χ3v) is 3.35. The zero-order valence-corrected chi connectivity index (χ0v) is 10.5. The van der Waals surface area contributed by atoms with E-state index < -0.39 is 0 Å². The normalized spacial score (nSPS) is 15.0. The van der Waals surface area contributed by atoms with E-state index in [-0.39, 0.29) is 6.04 Å². The molecule has 0 aromatic heterocycles. The van der Waals surface area contributed by atoms with Crippen LogP contribution in [-0.2, 0) is 0 Å². The second kappa shape index (κ2) is 5.53. The van der Waals surface area contributed by atoms with Gasteiger partial charge in [0.2, 0.25) is 0 Å². The highest BCUT2D eigenvalue weighted by Gasteiger charge is 2.14. The first-order valence-electron chi connectivity index (χ1n) is 5.58. The zero-order chi connectivity index (χ0) is 11.4. The summed E-state index contributed by atoms with van der Waals surface area (Å²) < 4.78 is 0. The lowest BCUT2D eigenvalue weighted by atomic mass is 9.91. The molecule has 0 spiro atoms. The van der Waals surface area contributed by atoms with E-state index in [0.29, 0.717) is 5.92 Å². The summed E-state index contributed by atoms with van der Waals surface area (Å²) in [7, 11) is 0. The molecule has 2 atom stereocenters. The molecule has 0 aliphatic heterocycles. The van der Waals surface area contributed by atoms with Gasteiger partial charge in [-0.15, -0.1) is 0 Å². The van der Waals surface area contributed by atoms with Gasteiger partial charge in [-0.25, -0.2) is 0 Å². The SMILES string of the molecule is CCCC(C)C(N)c1ccc(C)c(Cl)c1. The number of hydrogen-bond acceptors (Lipinski definition) is 1. The van der Waals surface area contributed by atoms with Crippen molar-refractivity contribution in [3.05, 3.63) is 34.3 Å². The molecule has 2 N–H and O–H groups in total. The lowest BCUT2D eigenvalue weighted by Gasteiger charge is -2.20. The van der Waals surface area contributed by atoms with Crippen LogP contribution in [0.2, 0.25) is 5.02 Å². The Bertz CT molecular complexity index is 322. The van der Waals surface area contributed by atoms with Crippen molar-refractivity contribution in [2.24, 2.45) is 11.7 Å². The van der Waals surface area contributed by atoms with E-state index >= 15 is 0 Å². The summed E-state index contributed by atoms with van der Waals surface area (Å²) in [6.45, 7) is 6.39. The van der Waals surface area contributed by atoms with Crippen LogP contribution < -0.4 is 5.73 Å². The van der Waals surface area contributed by atoms with Crippen molar-refractivity contribution in [2.75, 3.05) is 0 Å². The van der Waals surface area contributed by atoms with Crippen LogP contribution >= 0.6 is 11.6 Å². The number of rotatable bonds is 4. The Hall–Kier alpha value is -0.530. The lowest BCUT2D eigenvalue weighted by Crippen LogP contribution is -2.19. The average molecular weight is 226 g/mol. The summed E-state index contributed by atoms with van der Waals surface area (Å²) >= 11 is 6.08. The number of benzene rings is 1. The molecule has 84 valence electrons. The van der Waals surface area contributed by atoms with Crippen LogP contribution in [0, 0.1) is 12.8 Å². The Labute approximate surface area is 97.6 Å². The maximum atomic E-state index is 6.18. The number of aryl methyl sites for hydroxylation is 1. The van der Waals surface area contributed by atoms with Gasteiger partial charge >= 0.3 is 0 Å². The first kappa shape index (κ1) is 12.5. The fraction of sp³-hybridized carbons (Fsp3) is 0.538. The molecule has 1 rings (SSSR count). The van der Waals surface area contributed by atoms with E-state index in [4.69, 9.17) is 17.3 Å². The summed E-state index contributed by atoms with van der Waals surface area (Å²) in [6, 6.07) is 6.21. The van der Waals surface area contributed by atoms with Crippen LogP contribution in [0.25, 0.3) is 0 Å². The Morgan fingerprint density at radius 1 is 1.40 bits per heavy atom. The molecule has 2 unspecified atom stereocenters. The van der Waals surface area contributed by atoms with Crippen LogP contribution in [0.1, 0.15) is 43.9 Å². The van der Waals surface area contributed by atoms with Crippen LogP contribution in [0.3, 0.4) is 0 Å². The predicted molar refractivity (Wildman–Crippen MR) is 67.2 cm³/mol. The van der Waals surface area contributed by atoms with Crippen molar-refractivity contribution in [3.8, 4) is 0 Å². The fourth-order valence-corrected chi connectivity index (χ4v) is 1.97. The van der Waals surface area contributed by atoms with Gasteiger partial charge in [0.25, 0.3) is 0 Å². The molecule has 0 heterocycles. The van der Waals surface area contributed by atoms with Crippen LogP contribution in [0.15, 0.2) is 18.2 Å². The van der Waals surface area contributed by atoms with Gasteiger partial charge < -0.3 is 5.73 Å². The van der Waals surface area contributed by atoms with E-state index in [2.05, 4.69) is 19.9 Å². The monoisotopic (exact) mass is 225 g/mol. The standard InChI is InChI=1S/C13H20ClN/c1-4-5-10(3)13(15)11-7-6-9(2)12(14)8-11/h6-8,10,13H,4-5,15H2,1-3H3. The molecule has 0 amide bonds. The number of nitrogens with two attached hydrogens (primary N) is 1. The molecule has 0 fully saturated rings. The maximum Gasteiger partial charge on any atom is 0.0438 e. The van der Waals surface area contributed by atoms with E-state index in [0.717, 1.165) is 22.6 Å². The molecule has 0 saturated heterocycles. The van der Waals surface area contributed by atoms with Crippen LogP contribution in [0.4, 0.5) is 0 Å². The Morgan fingerprint density at radius 2 is 2.07 bits per heavy atom. The van der Waals surface area contributed by atoms with Gasteiger partial charge in [0, 0.05) is 11.1 Å². The topological polar surface area (TPSA) is 26.0 Å². The summed E-state index contributed by atoms with van der Waals surface area (Å²) in [5.41, 5.74) is 8.44. The minimum Gasteiger partial charge on any atom is -0.324 e. The number of hydrogen-bond donors (Lipinski definition) is 1. The van der Waals surface area contributed by atoms with Gasteiger partial charge in [0.1, 0.15) is 0 Å². The van der Waals surface area contributed by atoms with Gasteiger partial charge in [0.15, 0.2) is 0 Å². The molecule has 1 aromatic carbocycles. The zero-order valence-electron chi connectivity index (χ0n) is 9.76. The second-order valence-electron chi connectivity index (χ2n) is 4.30. The summed E-state index contributed by atoms with van der Waals surface area (Å²) in [5, 5.41) is 0.812. The minimum absolute atomic E-state index is 0.100. The van der Waals surface area contributed by atoms with Crippen molar-refractivity contribution >= 4 is 11.6 Å². The largest absolute Gasteiger partial charge is 0.324 e. The van der Waals surface area contributed by atoms with Crippen molar-refractivity contribution in [2.45, 2.75) is 39.7 Å². The Kier molecular flexibility index (Phi) is 4.62. The summed E-state index contributed by atoms with van der Waals surface area (Å²) in [5.74, 6) is 0.508. The van der Waals surface area contributed by atoms with Crippen molar-refractivity contribution in [1.82, 2.24) is 0 Å². The highest BCUT2D eigenvalue weighted by atomic mass is 35.5. The first-order chi connectivity index (χ1) is 7.06. The molecule has 2 heteroatoms. The van der Waals surface area contributed by atoms with Gasteiger partial charge in [0.05, 0.1) is 0 Å². The Balaban J connectivity index is 2.81. The summed E-state index contributed by atoms with van der Waals surface area (Å²) in [4.78, 5) is 0. The van der Waals surface area contributed by atoms with Gasteiger partial charge in [-0.3, -0.25) is 0 Å². The second-order valence-corrected chi connectivity index (χ2v) is 4.71. The molecule has 0 bridgehead atoms. The molecule has 0 aliphatic rings. The molecular weight excluding hydrogens is 206 g/mol. The predicted octanol–water partition coefficient (Wildman–Crippen LogP) is 4.08. The van der Waals surface area contributed by atoms with Crippen molar-refractivity contribution in [3.63, 3.8) is 0 Å². The molecule has 15 heavy (non-hydrogen) atoms. The van der Waals surface area contributed by atoms with E-state index in [1.54, 1.807) is 0 Å². The van der Waals surface area contributed by atoms with Crippen molar-refractivity contribution in [1.29, 1.82) is 0 Å². The molecule has 1 nitrogen and oxygen atoms in total. The van der Waals surface area contributed by atoms with Crippen LogP contribution in [0.5, 0.6) is 0 Å². The molecule has 0 radical (unpaired) electrons. The smallest absolute Gasteiger partial charge is 0.0438 e. The average Bonchev–Trinajstić information content (AvgIpc) is 2.21. The van der Waals surface area contributed by atoms with E-state index in [1.807, 2.05) is 19.1 Å². The highest BCUT2D eigenvalue weighted by Crippen LogP contribution is 2.26. The minimum atomic E-state index is 0.100. The molecule has 0 aliphatic carbocycles. The van der Waals surface area contributed by atoms with Gasteiger partial charge in [-0.1, -0.05) is 44.0 Å². The summed E-state index contributed by atoms with van der Waals surface area (Å²) in [6.07, 6.45) is 2.33. The molecule has 0 saturated carbocycles. The Morgan fingerprint density at radius 3 is 2.60 bits per heavy atom. The van der Waals surface area contributed by atoms with Gasteiger partial charge in [-0.2, -0.15) is 0 Å². The molecule has 1 aromatic rings. The third-order valence-electron chi connectivity index (χ3n) is 2.94. The first-order valence-corrected chi connectivity index (χ1v) is 5.95. The maximum absolute atomic E-state index is 6.18. The van der Waals surface area contributed by atoms with Crippen molar-refractivity contribution < 1.29 is 0 Å². The van der Waals surface area contributed by atoms with Gasteiger partial charge in [-0.05, 0) is 36.5 Å². The molecular formula is C13H20ClN. The quantitative estimate of drug-likeness (QED) is 0.821.